The maximum absolute atomic E-state index is 13.1. The number of nitrogens with one attached hydrogen (secondary N) is 1. The molecule has 1 aromatic heterocycles. The van der Waals surface area contributed by atoms with Gasteiger partial charge in [0.25, 0.3) is 5.91 Å². The van der Waals surface area contributed by atoms with E-state index in [1.54, 1.807) is 13.2 Å². The van der Waals surface area contributed by atoms with Gasteiger partial charge in [0.15, 0.2) is 6.10 Å². The predicted octanol–water partition coefficient (Wildman–Crippen LogP) is 1.66. The number of likely N-dealkylation sites (tertiary alicyclic amines) is 1. The van der Waals surface area contributed by atoms with Crippen LogP contribution >= 0.6 is 0 Å². The van der Waals surface area contributed by atoms with Crippen LogP contribution in [0.4, 0.5) is 4.39 Å². The Bertz CT molecular complexity index is 781. The molecule has 4 rings (SSSR count). The van der Waals surface area contributed by atoms with Gasteiger partial charge >= 0.3 is 0 Å². The first kappa shape index (κ1) is 17.2. The SMILES string of the molecule is CNC(=O)[C@H]1Cn2ccnc2C2(CCN(Cc3ccc(F)cc3)CC2)O1. The van der Waals surface area contributed by atoms with E-state index in [0.717, 1.165) is 43.9 Å². The summed E-state index contributed by atoms with van der Waals surface area (Å²) in [5.41, 5.74) is 0.578. The minimum Gasteiger partial charge on any atom is -0.357 e. The first-order valence-corrected chi connectivity index (χ1v) is 8.97. The third kappa shape index (κ3) is 3.12. The van der Waals surface area contributed by atoms with Crippen LogP contribution in [0.15, 0.2) is 36.7 Å². The van der Waals surface area contributed by atoms with Crippen molar-refractivity contribution in [3.63, 3.8) is 0 Å². The Labute approximate surface area is 152 Å². The van der Waals surface area contributed by atoms with E-state index in [9.17, 15) is 9.18 Å². The van der Waals surface area contributed by atoms with Crippen LogP contribution in [0.25, 0.3) is 0 Å². The summed E-state index contributed by atoms with van der Waals surface area (Å²) < 4.78 is 21.4. The van der Waals surface area contributed by atoms with Crippen LogP contribution < -0.4 is 5.32 Å². The number of imidazole rings is 1. The molecule has 2 aromatic rings. The molecule has 138 valence electrons. The van der Waals surface area contributed by atoms with Crippen molar-refractivity contribution in [3.05, 3.63) is 53.9 Å². The van der Waals surface area contributed by atoms with E-state index in [2.05, 4.69) is 15.2 Å². The molecule has 1 spiro atoms. The molecule has 0 saturated carbocycles. The highest BCUT2D eigenvalue weighted by Gasteiger charge is 2.46. The molecule has 2 aliphatic rings. The van der Waals surface area contributed by atoms with Crippen LogP contribution in [-0.2, 0) is 28.2 Å². The number of benzene rings is 1. The highest BCUT2D eigenvalue weighted by molar-refractivity contribution is 5.80. The molecule has 26 heavy (non-hydrogen) atoms. The van der Waals surface area contributed by atoms with E-state index in [1.165, 1.54) is 12.1 Å². The van der Waals surface area contributed by atoms with Crippen LogP contribution in [0.5, 0.6) is 0 Å². The summed E-state index contributed by atoms with van der Waals surface area (Å²) in [6.45, 7) is 2.95. The van der Waals surface area contributed by atoms with Gasteiger partial charge in [-0.2, -0.15) is 0 Å². The third-order valence-electron chi connectivity index (χ3n) is 5.38. The second kappa shape index (κ2) is 6.81. The Morgan fingerprint density at radius 1 is 1.35 bits per heavy atom. The summed E-state index contributed by atoms with van der Waals surface area (Å²) in [6, 6.07) is 6.64. The number of fused-ring (bicyclic) bond motifs is 2. The van der Waals surface area contributed by atoms with Crippen LogP contribution in [0.3, 0.4) is 0 Å². The summed E-state index contributed by atoms with van der Waals surface area (Å²) in [7, 11) is 1.63. The standard InChI is InChI=1S/C19H23FN4O2/c1-21-17(25)16-13-24-11-8-22-18(24)19(26-16)6-9-23(10-7-19)12-14-2-4-15(20)5-3-14/h2-5,8,11,16H,6-7,9-10,12-13H2,1H3,(H,21,25)/t16-/m1/s1. The molecule has 0 bridgehead atoms. The van der Waals surface area contributed by atoms with Gasteiger partial charge in [-0.25, -0.2) is 9.37 Å². The largest absolute Gasteiger partial charge is 0.357 e. The Hall–Kier alpha value is -2.25. The maximum Gasteiger partial charge on any atom is 0.250 e. The Balaban J connectivity index is 1.48. The number of nitrogens with zero attached hydrogens (tertiary/aromatic N) is 3. The van der Waals surface area contributed by atoms with E-state index >= 15 is 0 Å². The number of amides is 1. The average Bonchev–Trinajstić information content (AvgIpc) is 3.14. The zero-order chi connectivity index (χ0) is 18.1. The molecule has 1 saturated heterocycles. The van der Waals surface area contributed by atoms with Crippen molar-refractivity contribution < 1.29 is 13.9 Å². The zero-order valence-corrected chi connectivity index (χ0v) is 14.8. The van der Waals surface area contributed by atoms with Crippen LogP contribution in [0.2, 0.25) is 0 Å². The minimum atomic E-state index is -0.516. The Morgan fingerprint density at radius 3 is 2.77 bits per heavy atom. The van der Waals surface area contributed by atoms with Crippen molar-refractivity contribution in [2.45, 2.75) is 37.6 Å². The van der Waals surface area contributed by atoms with E-state index in [4.69, 9.17) is 4.74 Å². The minimum absolute atomic E-state index is 0.0996. The quantitative estimate of drug-likeness (QED) is 0.907. The number of hydrogen-bond donors (Lipinski definition) is 1. The molecule has 3 heterocycles. The molecule has 7 heteroatoms. The van der Waals surface area contributed by atoms with Crippen LogP contribution in [-0.4, -0.2) is 46.6 Å². The summed E-state index contributed by atoms with van der Waals surface area (Å²) in [5.74, 6) is 0.602. The number of carbonyl (C=O) groups excluding carboxylic acids is 1. The molecular formula is C19H23FN4O2. The van der Waals surface area contributed by atoms with E-state index in [-0.39, 0.29) is 11.7 Å². The molecule has 1 amide bonds. The lowest BCUT2D eigenvalue weighted by Crippen LogP contribution is -2.53. The van der Waals surface area contributed by atoms with Gasteiger partial charge in [0.1, 0.15) is 17.2 Å². The molecule has 6 nitrogen and oxygen atoms in total. The van der Waals surface area contributed by atoms with Gasteiger partial charge in [0.05, 0.1) is 6.54 Å². The number of ether oxygens (including phenoxy) is 1. The second-order valence-corrected chi connectivity index (χ2v) is 7.02. The fourth-order valence-electron chi connectivity index (χ4n) is 3.96. The molecule has 1 atom stereocenters. The number of rotatable bonds is 3. The molecule has 2 aliphatic heterocycles. The van der Waals surface area contributed by atoms with Gasteiger partial charge in [-0.1, -0.05) is 12.1 Å². The van der Waals surface area contributed by atoms with Crippen molar-refractivity contribution in [1.29, 1.82) is 0 Å². The zero-order valence-electron chi connectivity index (χ0n) is 14.8. The third-order valence-corrected chi connectivity index (χ3v) is 5.38. The van der Waals surface area contributed by atoms with E-state index in [0.29, 0.717) is 6.54 Å². The average molecular weight is 358 g/mol. The smallest absolute Gasteiger partial charge is 0.250 e. The van der Waals surface area contributed by atoms with Crippen molar-refractivity contribution >= 4 is 5.91 Å². The first-order chi connectivity index (χ1) is 12.6. The number of halogens is 1. The molecule has 0 radical (unpaired) electrons. The molecule has 1 N–H and O–H groups in total. The molecule has 1 aromatic carbocycles. The lowest BCUT2D eigenvalue weighted by atomic mass is 9.88. The van der Waals surface area contributed by atoms with Gasteiger partial charge < -0.3 is 14.6 Å². The van der Waals surface area contributed by atoms with Crippen LogP contribution in [0.1, 0.15) is 24.2 Å². The van der Waals surface area contributed by atoms with Crippen LogP contribution in [0, 0.1) is 5.82 Å². The topological polar surface area (TPSA) is 59.4 Å². The maximum atomic E-state index is 13.1. The van der Waals surface area contributed by atoms with Crippen molar-refractivity contribution in [2.75, 3.05) is 20.1 Å². The molecule has 0 unspecified atom stereocenters. The fraction of sp³-hybridized carbons (Fsp3) is 0.474. The van der Waals surface area contributed by atoms with Gasteiger partial charge in [0, 0.05) is 39.1 Å². The summed E-state index contributed by atoms with van der Waals surface area (Å²) in [5, 5.41) is 2.69. The molecular weight excluding hydrogens is 335 g/mol. The predicted molar refractivity (Wildman–Crippen MR) is 93.8 cm³/mol. The highest BCUT2D eigenvalue weighted by atomic mass is 19.1. The van der Waals surface area contributed by atoms with Gasteiger partial charge in [0.2, 0.25) is 0 Å². The number of likely N-dealkylation sites (N-methyl/N-ethyl adjacent to an activating group) is 1. The fourth-order valence-corrected chi connectivity index (χ4v) is 3.96. The normalized spacial score (nSPS) is 22.2. The van der Waals surface area contributed by atoms with Gasteiger partial charge in [-0.15, -0.1) is 0 Å². The van der Waals surface area contributed by atoms with E-state index in [1.807, 2.05) is 22.9 Å². The lowest BCUT2D eigenvalue weighted by Gasteiger charge is -2.45. The number of aromatic nitrogens is 2. The summed E-state index contributed by atoms with van der Waals surface area (Å²) in [4.78, 5) is 19.0. The number of piperidine rings is 1. The summed E-state index contributed by atoms with van der Waals surface area (Å²) in [6.07, 6.45) is 4.75. The molecule has 0 aliphatic carbocycles. The Morgan fingerprint density at radius 2 is 2.08 bits per heavy atom. The second-order valence-electron chi connectivity index (χ2n) is 7.02. The van der Waals surface area contributed by atoms with Crippen molar-refractivity contribution in [1.82, 2.24) is 19.8 Å². The van der Waals surface area contributed by atoms with Gasteiger partial charge in [-0.05, 0) is 30.5 Å². The Kier molecular flexibility index (Phi) is 4.50. The first-order valence-electron chi connectivity index (χ1n) is 8.97. The highest BCUT2D eigenvalue weighted by Crippen LogP contribution is 2.40. The van der Waals surface area contributed by atoms with Crippen molar-refractivity contribution in [3.8, 4) is 0 Å². The van der Waals surface area contributed by atoms with Gasteiger partial charge in [-0.3, -0.25) is 9.69 Å². The molecule has 1 fully saturated rings. The lowest BCUT2D eigenvalue weighted by molar-refractivity contribution is -0.173. The monoisotopic (exact) mass is 358 g/mol. The number of hydrogen-bond acceptors (Lipinski definition) is 4. The van der Waals surface area contributed by atoms with E-state index < -0.39 is 11.7 Å². The summed E-state index contributed by atoms with van der Waals surface area (Å²) >= 11 is 0. The number of carbonyl (C=O) groups is 1. The van der Waals surface area contributed by atoms with Crippen molar-refractivity contribution in [2.24, 2.45) is 0 Å².